The predicted molar refractivity (Wildman–Crippen MR) is 150 cm³/mol. The van der Waals surface area contributed by atoms with E-state index in [4.69, 9.17) is 15.9 Å². The number of alkyl halides is 3. The van der Waals surface area contributed by atoms with Gasteiger partial charge >= 0.3 is 18.1 Å². The van der Waals surface area contributed by atoms with Crippen molar-refractivity contribution in [2.75, 3.05) is 31.6 Å². The standard InChI is InChI=1S/C29H34F3N5O6/c1-42-21-10-7-20(8-11-21)17-37-23-12-9-19(6-4-2-3-5-14-35-28(33)34)16-22(23)26(40)36(18-24(37)38)15-13-25(39)43-27(41)29(30,31)32/h7-12,16H,2-6,13-15,17-18H2,1H3,(H4,33,34,35). The molecule has 0 radical (unpaired) electrons. The van der Waals surface area contributed by atoms with E-state index in [9.17, 15) is 32.3 Å². The van der Waals surface area contributed by atoms with Crippen molar-refractivity contribution in [2.45, 2.75) is 51.2 Å². The molecule has 0 saturated heterocycles. The van der Waals surface area contributed by atoms with Crippen LogP contribution < -0.4 is 20.7 Å². The number of guanidine groups is 1. The van der Waals surface area contributed by atoms with Gasteiger partial charge in [0, 0.05) is 13.1 Å². The van der Waals surface area contributed by atoms with Gasteiger partial charge in [0.2, 0.25) is 5.91 Å². The Morgan fingerprint density at radius 3 is 2.35 bits per heavy atom. The summed E-state index contributed by atoms with van der Waals surface area (Å²) in [5, 5.41) is 9.93. The van der Waals surface area contributed by atoms with Crippen molar-refractivity contribution < 1.29 is 41.8 Å². The zero-order valence-corrected chi connectivity index (χ0v) is 23.7. The van der Waals surface area contributed by atoms with Crippen LogP contribution in [0.2, 0.25) is 0 Å². The van der Waals surface area contributed by atoms with Crippen molar-refractivity contribution >= 4 is 35.4 Å². The average molecular weight is 606 g/mol. The maximum Gasteiger partial charge on any atom is 0.491 e. The number of ether oxygens (including phenoxy) is 2. The van der Waals surface area contributed by atoms with Crippen LogP contribution in [0.25, 0.3) is 0 Å². The Bertz CT molecular complexity index is 1330. The summed E-state index contributed by atoms with van der Waals surface area (Å²) in [7, 11) is 1.53. The van der Waals surface area contributed by atoms with Crippen molar-refractivity contribution in [1.82, 2.24) is 10.2 Å². The number of nitrogens with one attached hydrogen (secondary N) is 2. The summed E-state index contributed by atoms with van der Waals surface area (Å²) >= 11 is 0. The van der Waals surface area contributed by atoms with Gasteiger partial charge < -0.3 is 30.3 Å². The molecule has 1 heterocycles. The number of nitrogens with zero attached hydrogens (tertiary/aromatic N) is 2. The molecule has 0 fully saturated rings. The summed E-state index contributed by atoms with van der Waals surface area (Å²) in [6.45, 7) is -0.127. The fourth-order valence-corrected chi connectivity index (χ4v) is 4.51. The number of aryl methyl sites for hydroxylation is 1. The van der Waals surface area contributed by atoms with E-state index in [-0.39, 0.29) is 18.1 Å². The van der Waals surface area contributed by atoms with Gasteiger partial charge in [-0.05, 0) is 54.7 Å². The van der Waals surface area contributed by atoms with Crippen LogP contribution in [0, 0.1) is 5.41 Å². The first-order valence-corrected chi connectivity index (χ1v) is 13.6. The highest BCUT2D eigenvalue weighted by atomic mass is 19.4. The van der Waals surface area contributed by atoms with E-state index < -0.39 is 49.4 Å². The molecule has 11 nitrogen and oxygen atoms in total. The number of carbonyl (C=O) groups is 4. The predicted octanol–water partition coefficient (Wildman–Crippen LogP) is 3.29. The van der Waals surface area contributed by atoms with Crippen molar-refractivity contribution in [1.29, 1.82) is 5.41 Å². The van der Waals surface area contributed by atoms with Crippen LogP contribution in [-0.4, -0.2) is 67.5 Å². The second kappa shape index (κ2) is 15.0. The molecule has 0 aliphatic carbocycles. The lowest BCUT2D eigenvalue weighted by molar-refractivity contribution is -0.201. The zero-order valence-electron chi connectivity index (χ0n) is 23.7. The van der Waals surface area contributed by atoms with Crippen LogP contribution >= 0.6 is 0 Å². The number of anilines is 1. The van der Waals surface area contributed by atoms with Crippen LogP contribution in [0.5, 0.6) is 5.75 Å². The third-order valence-corrected chi connectivity index (χ3v) is 6.73. The quantitative estimate of drug-likeness (QED) is 0.103. The van der Waals surface area contributed by atoms with Gasteiger partial charge in [0.25, 0.3) is 5.91 Å². The van der Waals surface area contributed by atoms with E-state index in [1.165, 1.54) is 12.0 Å². The summed E-state index contributed by atoms with van der Waals surface area (Å²) in [6.07, 6.45) is -1.92. The molecule has 0 unspecified atom stereocenters. The van der Waals surface area contributed by atoms with Gasteiger partial charge in [0.05, 0.1) is 31.3 Å². The minimum atomic E-state index is -5.34. The largest absolute Gasteiger partial charge is 0.497 e. The average Bonchev–Trinajstić information content (AvgIpc) is 3.05. The summed E-state index contributed by atoms with van der Waals surface area (Å²) in [5.74, 6) is -4.60. The Labute approximate surface area is 246 Å². The summed E-state index contributed by atoms with van der Waals surface area (Å²) in [4.78, 5) is 52.5. The van der Waals surface area contributed by atoms with Gasteiger partial charge in [0.15, 0.2) is 5.96 Å². The smallest absolute Gasteiger partial charge is 0.491 e. The molecule has 0 aromatic heterocycles. The number of halogens is 3. The second-order valence-electron chi connectivity index (χ2n) is 9.92. The molecule has 0 atom stereocenters. The molecule has 0 spiro atoms. The van der Waals surface area contributed by atoms with Gasteiger partial charge in [-0.3, -0.25) is 19.8 Å². The van der Waals surface area contributed by atoms with Gasteiger partial charge in [0.1, 0.15) is 12.3 Å². The first-order chi connectivity index (χ1) is 20.4. The van der Waals surface area contributed by atoms with Crippen LogP contribution in [0.3, 0.4) is 0 Å². The van der Waals surface area contributed by atoms with Crippen LogP contribution in [0.15, 0.2) is 42.5 Å². The Hall–Kier alpha value is -4.62. The molecule has 1 aliphatic heterocycles. The maximum absolute atomic E-state index is 13.6. The number of nitrogens with two attached hydrogens (primary N) is 1. The highest BCUT2D eigenvalue weighted by molar-refractivity contribution is 6.09. The molecule has 14 heteroatoms. The molecule has 3 rings (SSSR count). The molecular formula is C29H34F3N5O6. The molecule has 43 heavy (non-hydrogen) atoms. The number of methoxy groups -OCH3 is 1. The fraction of sp³-hybridized carbons (Fsp3) is 0.414. The van der Waals surface area contributed by atoms with Crippen LogP contribution in [0.1, 0.15) is 53.6 Å². The molecule has 2 aromatic carbocycles. The molecule has 0 saturated carbocycles. The maximum atomic E-state index is 13.6. The Morgan fingerprint density at radius 1 is 1.02 bits per heavy atom. The lowest BCUT2D eigenvalue weighted by atomic mass is 10.0. The van der Waals surface area contributed by atoms with Crippen molar-refractivity contribution in [3.05, 3.63) is 59.2 Å². The van der Waals surface area contributed by atoms with E-state index in [1.807, 2.05) is 6.07 Å². The highest BCUT2D eigenvalue weighted by Gasteiger charge is 2.42. The van der Waals surface area contributed by atoms with Crippen molar-refractivity contribution in [2.24, 2.45) is 5.73 Å². The van der Waals surface area contributed by atoms with Gasteiger partial charge in [-0.1, -0.05) is 31.0 Å². The Morgan fingerprint density at radius 2 is 1.70 bits per heavy atom. The zero-order chi connectivity index (χ0) is 31.6. The third-order valence-electron chi connectivity index (χ3n) is 6.73. The number of carbonyl (C=O) groups excluding carboxylic acids is 4. The van der Waals surface area contributed by atoms with E-state index >= 15 is 0 Å². The van der Waals surface area contributed by atoms with Gasteiger partial charge in [-0.2, -0.15) is 13.2 Å². The minimum absolute atomic E-state index is 0.0742. The first-order valence-electron chi connectivity index (χ1n) is 13.6. The summed E-state index contributed by atoms with van der Waals surface area (Å²) in [5.41, 5.74) is 7.46. The molecule has 0 bridgehead atoms. The lowest BCUT2D eigenvalue weighted by Crippen LogP contribution is -2.40. The fourth-order valence-electron chi connectivity index (χ4n) is 4.51. The third kappa shape index (κ3) is 9.72. The second-order valence-corrected chi connectivity index (χ2v) is 9.92. The topological polar surface area (TPSA) is 155 Å². The SMILES string of the molecule is COc1ccc(CN2C(=O)CN(CCC(=O)OC(=O)C(F)(F)F)C(=O)c3cc(CCCCCCNC(=N)N)ccc32)cc1. The van der Waals surface area contributed by atoms with Gasteiger partial charge in [-0.25, -0.2) is 4.79 Å². The van der Waals surface area contributed by atoms with Crippen molar-refractivity contribution in [3.8, 4) is 5.75 Å². The first kappa shape index (κ1) is 32.9. The van der Waals surface area contributed by atoms with E-state index in [1.54, 1.807) is 36.4 Å². The normalized spacial score (nSPS) is 13.3. The number of hydrogen-bond acceptors (Lipinski definition) is 7. The Kier molecular flexibility index (Phi) is 11.5. The number of rotatable bonds is 13. The number of amides is 2. The number of fused-ring (bicyclic) bond motifs is 1. The van der Waals surface area contributed by atoms with E-state index in [0.717, 1.165) is 41.7 Å². The summed E-state index contributed by atoms with van der Waals surface area (Å²) in [6, 6.07) is 12.3. The molecule has 2 aromatic rings. The Balaban J connectivity index is 1.78. The number of hydrogen-bond donors (Lipinski definition) is 3. The lowest BCUT2D eigenvalue weighted by Gasteiger charge is -2.23. The number of benzene rings is 2. The van der Waals surface area contributed by atoms with Crippen LogP contribution in [-0.2, 0) is 32.1 Å². The van der Waals surface area contributed by atoms with Crippen LogP contribution in [0.4, 0.5) is 18.9 Å². The summed E-state index contributed by atoms with van der Waals surface area (Å²) < 4.78 is 46.4. The van der Waals surface area contributed by atoms with Gasteiger partial charge in [-0.15, -0.1) is 0 Å². The molecule has 1 aliphatic rings. The number of unbranched alkanes of at least 4 members (excludes halogenated alkanes) is 3. The number of esters is 2. The molecule has 2 amide bonds. The van der Waals surface area contributed by atoms with E-state index in [2.05, 4.69) is 10.1 Å². The molecule has 232 valence electrons. The highest BCUT2D eigenvalue weighted by Crippen LogP contribution is 2.30. The monoisotopic (exact) mass is 605 g/mol. The van der Waals surface area contributed by atoms with E-state index in [0.29, 0.717) is 24.4 Å². The molecule has 4 N–H and O–H groups in total. The van der Waals surface area contributed by atoms with Crippen molar-refractivity contribution in [3.63, 3.8) is 0 Å². The minimum Gasteiger partial charge on any atom is -0.497 e. The molecular weight excluding hydrogens is 571 g/mol.